The van der Waals surface area contributed by atoms with Crippen LogP contribution in [0, 0.1) is 13.8 Å². The molecule has 1 aliphatic rings. The number of aryl methyl sites for hydroxylation is 2. The fourth-order valence-corrected chi connectivity index (χ4v) is 3.52. The van der Waals surface area contributed by atoms with Crippen molar-refractivity contribution in [2.75, 3.05) is 26.2 Å². The number of carbonyl (C=O) groups is 1. The van der Waals surface area contributed by atoms with Crippen LogP contribution in [-0.2, 0) is 4.79 Å². The Bertz CT molecular complexity index is 719. The highest BCUT2D eigenvalue weighted by Crippen LogP contribution is 2.24. The highest BCUT2D eigenvalue weighted by Gasteiger charge is 2.22. The number of piperidine rings is 1. The molecule has 1 unspecified atom stereocenters. The van der Waals surface area contributed by atoms with E-state index in [1.54, 1.807) is 0 Å². The molecule has 3 rings (SSSR count). The topological polar surface area (TPSA) is 41.6 Å². The number of hydrogen-bond donors (Lipinski definition) is 1. The summed E-state index contributed by atoms with van der Waals surface area (Å²) >= 11 is 0. The number of nitrogens with zero attached hydrogens (tertiary/aromatic N) is 1. The van der Waals surface area contributed by atoms with Crippen molar-refractivity contribution in [1.82, 2.24) is 10.2 Å². The molecule has 0 radical (unpaired) electrons. The Morgan fingerprint density at radius 3 is 2.19 bits per heavy atom. The van der Waals surface area contributed by atoms with E-state index in [9.17, 15) is 4.79 Å². The van der Waals surface area contributed by atoms with Crippen LogP contribution in [0.4, 0.5) is 0 Å². The minimum atomic E-state index is -0.0790. The molecule has 1 N–H and O–H groups in total. The van der Waals surface area contributed by atoms with Gasteiger partial charge in [-0.1, -0.05) is 53.9 Å². The summed E-state index contributed by atoms with van der Waals surface area (Å²) in [5, 5.41) is 3.07. The van der Waals surface area contributed by atoms with Gasteiger partial charge in [-0.25, -0.2) is 0 Å². The van der Waals surface area contributed by atoms with Crippen molar-refractivity contribution in [3.63, 3.8) is 0 Å². The highest BCUT2D eigenvalue weighted by atomic mass is 16.5. The molecule has 144 valence electrons. The van der Waals surface area contributed by atoms with Gasteiger partial charge in [-0.15, -0.1) is 0 Å². The maximum atomic E-state index is 12.3. The lowest BCUT2D eigenvalue weighted by Crippen LogP contribution is -2.41. The Hall–Kier alpha value is -2.33. The quantitative estimate of drug-likeness (QED) is 0.804. The summed E-state index contributed by atoms with van der Waals surface area (Å²) in [7, 11) is 0. The highest BCUT2D eigenvalue weighted by molar-refractivity contribution is 5.77. The van der Waals surface area contributed by atoms with Gasteiger partial charge >= 0.3 is 0 Å². The molecule has 0 aliphatic carbocycles. The zero-order valence-corrected chi connectivity index (χ0v) is 16.4. The van der Waals surface area contributed by atoms with Crippen LogP contribution < -0.4 is 10.1 Å². The first-order valence-corrected chi connectivity index (χ1v) is 9.88. The summed E-state index contributed by atoms with van der Waals surface area (Å²) in [4.78, 5) is 14.8. The third kappa shape index (κ3) is 5.83. The van der Waals surface area contributed by atoms with E-state index in [1.807, 2.05) is 31.2 Å². The summed E-state index contributed by atoms with van der Waals surface area (Å²) in [6.45, 7) is 6.97. The van der Waals surface area contributed by atoms with Gasteiger partial charge < -0.3 is 10.1 Å². The van der Waals surface area contributed by atoms with Crippen LogP contribution in [0.15, 0.2) is 48.5 Å². The van der Waals surface area contributed by atoms with Crippen molar-refractivity contribution in [2.24, 2.45) is 0 Å². The van der Waals surface area contributed by atoms with Crippen LogP contribution in [0.2, 0.25) is 0 Å². The lowest BCUT2D eigenvalue weighted by Gasteiger charge is -2.35. The Labute approximate surface area is 162 Å². The Morgan fingerprint density at radius 1 is 0.963 bits per heavy atom. The van der Waals surface area contributed by atoms with Gasteiger partial charge in [-0.05, 0) is 57.5 Å². The Kier molecular flexibility index (Phi) is 6.88. The average molecular weight is 367 g/mol. The normalized spacial score (nSPS) is 15.9. The molecule has 0 aromatic heterocycles. The molecule has 1 aliphatic heterocycles. The summed E-state index contributed by atoms with van der Waals surface area (Å²) in [5.41, 5.74) is 3.70. The van der Waals surface area contributed by atoms with Gasteiger partial charge in [0.1, 0.15) is 5.75 Å². The van der Waals surface area contributed by atoms with E-state index in [0.717, 1.165) is 18.8 Å². The molecule has 4 nitrogen and oxygen atoms in total. The molecule has 2 aromatic carbocycles. The second kappa shape index (κ2) is 9.56. The van der Waals surface area contributed by atoms with Gasteiger partial charge in [0.05, 0.1) is 6.04 Å². The van der Waals surface area contributed by atoms with E-state index in [2.05, 4.69) is 41.4 Å². The molecular weight excluding hydrogens is 336 g/mol. The molecule has 1 saturated heterocycles. The van der Waals surface area contributed by atoms with Crippen LogP contribution in [0.25, 0.3) is 0 Å². The number of amides is 1. The molecular formula is C23H30N2O2. The van der Waals surface area contributed by atoms with Gasteiger partial charge in [0.2, 0.25) is 0 Å². The lowest BCUT2D eigenvalue weighted by molar-refractivity contribution is -0.123. The third-order valence-electron chi connectivity index (χ3n) is 5.18. The van der Waals surface area contributed by atoms with Crippen LogP contribution in [0.3, 0.4) is 0 Å². The SMILES string of the molecule is Cc1ccc(OCC(=O)NCC(c2ccc(C)cc2)N2CCCCC2)cc1. The van der Waals surface area contributed by atoms with Crippen LogP contribution in [0.1, 0.15) is 42.0 Å². The van der Waals surface area contributed by atoms with Gasteiger partial charge in [0.25, 0.3) is 5.91 Å². The number of hydrogen-bond acceptors (Lipinski definition) is 3. The molecule has 0 spiro atoms. The molecule has 1 heterocycles. The van der Waals surface area contributed by atoms with Gasteiger partial charge in [-0.3, -0.25) is 9.69 Å². The first kappa shape index (κ1) is 19.4. The first-order valence-electron chi connectivity index (χ1n) is 9.88. The van der Waals surface area contributed by atoms with Crippen molar-refractivity contribution < 1.29 is 9.53 Å². The largest absolute Gasteiger partial charge is 0.484 e. The van der Waals surface area contributed by atoms with Crippen molar-refractivity contribution in [2.45, 2.75) is 39.2 Å². The predicted molar refractivity (Wildman–Crippen MR) is 109 cm³/mol. The summed E-state index contributed by atoms with van der Waals surface area (Å²) < 4.78 is 5.60. The van der Waals surface area contributed by atoms with E-state index in [4.69, 9.17) is 4.74 Å². The van der Waals surface area contributed by atoms with Crippen LogP contribution in [-0.4, -0.2) is 37.0 Å². The maximum absolute atomic E-state index is 12.3. The summed E-state index contributed by atoms with van der Waals surface area (Å²) in [6.07, 6.45) is 3.76. The van der Waals surface area contributed by atoms with Crippen LogP contribution in [0.5, 0.6) is 5.75 Å². The van der Waals surface area contributed by atoms with E-state index in [-0.39, 0.29) is 18.6 Å². The maximum Gasteiger partial charge on any atom is 0.258 e. The number of nitrogens with one attached hydrogen (secondary N) is 1. The molecule has 0 bridgehead atoms. The second-order valence-corrected chi connectivity index (χ2v) is 7.43. The number of carbonyl (C=O) groups excluding carboxylic acids is 1. The third-order valence-corrected chi connectivity index (χ3v) is 5.18. The minimum absolute atomic E-state index is 0.0453. The fourth-order valence-electron chi connectivity index (χ4n) is 3.52. The Morgan fingerprint density at radius 2 is 1.56 bits per heavy atom. The van der Waals surface area contributed by atoms with Gasteiger partial charge in [-0.2, -0.15) is 0 Å². The monoisotopic (exact) mass is 366 g/mol. The van der Waals surface area contributed by atoms with Crippen molar-refractivity contribution in [3.8, 4) is 5.75 Å². The van der Waals surface area contributed by atoms with Crippen molar-refractivity contribution in [3.05, 3.63) is 65.2 Å². The molecule has 1 amide bonds. The van der Waals surface area contributed by atoms with E-state index < -0.39 is 0 Å². The fraction of sp³-hybridized carbons (Fsp3) is 0.435. The average Bonchev–Trinajstić information content (AvgIpc) is 2.70. The zero-order chi connectivity index (χ0) is 19.1. The standard InChI is InChI=1S/C23H30N2O2/c1-18-6-10-20(11-7-18)22(25-14-4-3-5-15-25)16-24-23(26)17-27-21-12-8-19(2)9-13-21/h6-13,22H,3-5,14-17H2,1-2H3,(H,24,26). The van der Waals surface area contributed by atoms with Crippen LogP contribution >= 0.6 is 0 Å². The smallest absolute Gasteiger partial charge is 0.258 e. The number of likely N-dealkylation sites (tertiary alicyclic amines) is 1. The summed E-state index contributed by atoms with van der Waals surface area (Å²) in [6, 6.07) is 16.6. The van der Waals surface area contributed by atoms with Crippen molar-refractivity contribution in [1.29, 1.82) is 0 Å². The van der Waals surface area contributed by atoms with E-state index >= 15 is 0 Å². The molecule has 1 fully saturated rings. The predicted octanol–water partition coefficient (Wildman–Crippen LogP) is 4.03. The molecule has 27 heavy (non-hydrogen) atoms. The first-order chi connectivity index (χ1) is 13.1. The second-order valence-electron chi connectivity index (χ2n) is 7.43. The zero-order valence-electron chi connectivity index (χ0n) is 16.4. The molecule has 2 aromatic rings. The Balaban J connectivity index is 1.57. The van der Waals surface area contributed by atoms with Gasteiger partial charge in [0, 0.05) is 6.54 Å². The van der Waals surface area contributed by atoms with Gasteiger partial charge in [0.15, 0.2) is 6.61 Å². The molecule has 0 saturated carbocycles. The lowest BCUT2D eigenvalue weighted by atomic mass is 10.0. The van der Waals surface area contributed by atoms with Crippen molar-refractivity contribution >= 4 is 5.91 Å². The minimum Gasteiger partial charge on any atom is -0.484 e. The number of ether oxygens (including phenoxy) is 1. The van der Waals surface area contributed by atoms with E-state index in [1.165, 1.54) is 36.0 Å². The molecule has 1 atom stereocenters. The van der Waals surface area contributed by atoms with E-state index in [0.29, 0.717) is 6.54 Å². The molecule has 4 heteroatoms. The number of rotatable bonds is 7. The number of benzene rings is 2. The summed E-state index contributed by atoms with van der Waals surface area (Å²) in [5.74, 6) is 0.645.